The van der Waals surface area contributed by atoms with E-state index < -0.39 is 11.4 Å². The molecule has 0 spiro atoms. The monoisotopic (exact) mass is 166 g/mol. The van der Waals surface area contributed by atoms with E-state index in [2.05, 4.69) is 22.5 Å². The highest BCUT2D eigenvalue weighted by Gasteiger charge is 1.97. The predicted octanol–water partition coefficient (Wildman–Crippen LogP) is 1.43. The lowest BCUT2D eigenvalue weighted by Crippen LogP contribution is -1.90. The first-order chi connectivity index (χ1) is 3.18. The highest BCUT2D eigenvalue weighted by atomic mass is 79.9. The van der Waals surface area contributed by atoms with Gasteiger partial charge in [0.15, 0.2) is 0 Å². The number of carbonyl (C=O) groups excluding carboxylic acids is 1. The number of hydrogen-bond donors (Lipinski definition) is 0. The molecular formula is C4H4BrFO. The SMILES string of the molecule is C=C(CF)C(=O)Br. The Kier molecular flexibility index (Phi) is 2.83. The molecule has 7 heavy (non-hydrogen) atoms. The molecule has 0 aliphatic carbocycles. The van der Waals surface area contributed by atoms with Crippen molar-refractivity contribution in [2.75, 3.05) is 6.67 Å². The van der Waals surface area contributed by atoms with Crippen molar-refractivity contribution < 1.29 is 9.18 Å². The van der Waals surface area contributed by atoms with Crippen LogP contribution in [0.4, 0.5) is 4.39 Å². The molecule has 0 atom stereocenters. The maximum atomic E-state index is 11.3. The molecule has 0 fully saturated rings. The van der Waals surface area contributed by atoms with Gasteiger partial charge in [0, 0.05) is 5.57 Å². The van der Waals surface area contributed by atoms with Crippen LogP contribution >= 0.6 is 15.9 Å². The van der Waals surface area contributed by atoms with Crippen LogP contribution in [0.1, 0.15) is 0 Å². The van der Waals surface area contributed by atoms with E-state index in [9.17, 15) is 9.18 Å². The van der Waals surface area contributed by atoms with E-state index in [-0.39, 0.29) is 5.57 Å². The molecule has 1 nitrogen and oxygen atoms in total. The van der Waals surface area contributed by atoms with E-state index in [0.29, 0.717) is 0 Å². The zero-order valence-electron chi connectivity index (χ0n) is 3.58. The number of rotatable bonds is 2. The normalized spacial score (nSPS) is 8.29. The van der Waals surface area contributed by atoms with E-state index in [4.69, 9.17) is 0 Å². The first-order valence-electron chi connectivity index (χ1n) is 1.62. The number of halogens is 2. The summed E-state index contributed by atoms with van der Waals surface area (Å²) in [6.45, 7) is 2.33. The molecule has 0 aromatic carbocycles. The Morgan fingerprint density at radius 2 is 2.29 bits per heavy atom. The molecule has 3 heteroatoms. The van der Waals surface area contributed by atoms with Gasteiger partial charge in [-0.1, -0.05) is 6.58 Å². The second-order valence-corrected chi connectivity index (χ2v) is 1.73. The maximum Gasteiger partial charge on any atom is 0.226 e. The lowest BCUT2D eigenvalue weighted by atomic mass is 10.4. The summed E-state index contributed by atoms with van der Waals surface area (Å²) in [6, 6.07) is 0. The lowest BCUT2D eigenvalue weighted by molar-refractivity contribution is -0.107. The number of alkyl halides is 1. The van der Waals surface area contributed by atoms with Crippen molar-refractivity contribution in [1.82, 2.24) is 0 Å². The molecule has 0 N–H and O–H groups in total. The standard InChI is InChI=1S/C4H4BrFO/c1-3(2-6)4(5)7/h1-2H2. The molecule has 0 radical (unpaired) electrons. The van der Waals surface area contributed by atoms with Crippen LogP contribution < -0.4 is 0 Å². The molecular weight excluding hydrogens is 163 g/mol. The summed E-state index contributed by atoms with van der Waals surface area (Å²) in [4.78, 5) is 9.95. The van der Waals surface area contributed by atoms with Crippen LogP contribution in [0.2, 0.25) is 0 Å². The molecule has 0 rings (SSSR count). The minimum atomic E-state index is -0.774. The third-order valence-electron chi connectivity index (χ3n) is 0.439. The second kappa shape index (κ2) is 2.91. The number of carbonyl (C=O) groups is 1. The van der Waals surface area contributed by atoms with E-state index in [1.54, 1.807) is 0 Å². The Balaban J connectivity index is 3.58. The van der Waals surface area contributed by atoms with Crippen molar-refractivity contribution in [3.8, 4) is 0 Å². The molecule has 0 unspecified atom stereocenters. The largest absolute Gasteiger partial charge is 0.281 e. The van der Waals surface area contributed by atoms with Gasteiger partial charge in [-0.15, -0.1) is 0 Å². The van der Waals surface area contributed by atoms with Gasteiger partial charge in [-0.25, -0.2) is 4.39 Å². The molecule has 0 amide bonds. The summed E-state index contributed by atoms with van der Waals surface area (Å²) in [6.07, 6.45) is 0. The second-order valence-electron chi connectivity index (χ2n) is 1.01. The van der Waals surface area contributed by atoms with Gasteiger partial charge in [0.25, 0.3) is 0 Å². The van der Waals surface area contributed by atoms with Crippen LogP contribution in [0.5, 0.6) is 0 Å². The van der Waals surface area contributed by atoms with Gasteiger partial charge < -0.3 is 0 Å². The van der Waals surface area contributed by atoms with Crippen molar-refractivity contribution >= 4 is 20.6 Å². The summed E-state index contributed by atoms with van der Waals surface area (Å²) in [5.41, 5.74) is -0.0417. The highest BCUT2D eigenvalue weighted by Crippen LogP contribution is 1.97. The van der Waals surface area contributed by atoms with Crippen LogP contribution in [0, 0.1) is 0 Å². The molecule has 0 heterocycles. The van der Waals surface area contributed by atoms with Gasteiger partial charge in [0.2, 0.25) is 4.69 Å². The minimum absolute atomic E-state index is 0.0417. The quantitative estimate of drug-likeness (QED) is 0.449. The van der Waals surface area contributed by atoms with Crippen LogP contribution in [0.25, 0.3) is 0 Å². The molecule has 0 aromatic rings. The van der Waals surface area contributed by atoms with Crippen LogP contribution in [-0.2, 0) is 4.79 Å². The fourth-order valence-electron chi connectivity index (χ4n) is 0.0525. The Labute approximate surface area is 49.3 Å². The van der Waals surface area contributed by atoms with Crippen LogP contribution in [0.3, 0.4) is 0 Å². The average molecular weight is 167 g/mol. The Hall–Kier alpha value is -0.180. The molecule has 0 saturated heterocycles. The Morgan fingerprint density at radius 1 is 1.86 bits per heavy atom. The molecule has 0 saturated carbocycles. The van der Waals surface area contributed by atoms with E-state index in [1.165, 1.54) is 0 Å². The Bertz CT molecular complexity index is 99.9. The van der Waals surface area contributed by atoms with Gasteiger partial charge in [-0.3, -0.25) is 4.79 Å². The molecule has 0 aliphatic rings. The van der Waals surface area contributed by atoms with E-state index >= 15 is 0 Å². The Morgan fingerprint density at radius 3 is 2.29 bits per heavy atom. The molecule has 0 aliphatic heterocycles. The van der Waals surface area contributed by atoms with Crippen molar-refractivity contribution in [3.05, 3.63) is 12.2 Å². The zero-order chi connectivity index (χ0) is 5.86. The summed E-state index contributed by atoms with van der Waals surface area (Å²) in [7, 11) is 0. The van der Waals surface area contributed by atoms with Crippen LogP contribution in [0.15, 0.2) is 12.2 Å². The molecule has 0 bridgehead atoms. The average Bonchev–Trinajstić information content (AvgIpc) is 1.65. The predicted molar refractivity (Wildman–Crippen MR) is 29.0 cm³/mol. The summed E-state index contributed by atoms with van der Waals surface area (Å²) in [5, 5.41) is 0. The van der Waals surface area contributed by atoms with Gasteiger partial charge in [-0.05, 0) is 15.9 Å². The molecule has 0 aromatic heterocycles. The van der Waals surface area contributed by atoms with Gasteiger partial charge in [-0.2, -0.15) is 0 Å². The number of allylic oxidation sites excluding steroid dienone is 1. The first-order valence-corrected chi connectivity index (χ1v) is 2.41. The van der Waals surface area contributed by atoms with Crippen molar-refractivity contribution in [1.29, 1.82) is 0 Å². The fraction of sp³-hybridized carbons (Fsp3) is 0.250. The zero-order valence-corrected chi connectivity index (χ0v) is 5.16. The van der Waals surface area contributed by atoms with Gasteiger partial charge in [0.05, 0.1) is 0 Å². The van der Waals surface area contributed by atoms with Crippen LogP contribution in [-0.4, -0.2) is 11.4 Å². The van der Waals surface area contributed by atoms with E-state index in [0.717, 1.165) is 0 Å². The van der Waals surface area contributed by atoms with Crippen molar-refractivity contribution in [2.45, 2.75) is 0 Å². The van der Waals surface area contributed by atoms with E-state index in [1.807, 2.05) is 0 Å². The molecule has 40 valence electrons. The maximum absolute atomic E-state index is 11.3. The summed E-state index contributed by atoms with van der Waals surface area (Å²) >= 11 is 2.52. The van der Waals surface area contributed by atoms with Gasteiger partial charge in [0.1, 0.15) is 6.67 Å². The highest BCUT2D eigenvalue weighted by molar-refractivity contribution is 9.18. The van der Waals surface area contributed by atoms with Gasteiger partial charge >= 0.3 is 0 Å². The third kappa shape index (κ3) is 2.51. The summed E-state index contributed by atoms with van der Waals surface area (Å²) in [5.74, 6) is 0. The van der Waals surface area contributed by atoms with Crippen molar-refractivity contribution in [2.24, 2.45) is 0 Å². The smallest absolute Gasteiger partial charge is 0.226 e. The van der Waals surface area contributed by atoms with Crippen molar-refractivity contribution in [3.63, 3.8) is 0 Å². The summed E-state index contributed by atoms with van der Waals surface area (Å²) < 4.78 is 10.8. The fourth-order valence-corrected chi connectivity index (χ4v) is 0.158. The third-order valence-corrected chi connectivity index (χ3v) is 1.00. The topological polar surface area (TPSA) is 17.1 Å². The first kappa shape index (κ1) is 6.82. The minimum Gasteiger partial charge on any atom is -0.281 e. The lowest BCUT2D eigenvalue weighted by Gasteiger charge is -1.84. The number of hydrogen-bond acceptors (Lipinski definition) is 1.